The molecule has 0 radical (unpaired) electrons. The van der Waals surface area contributed by atoms with Gasteiger partial charge < -0.3 is 9.32 Å². The zero-order valence-electron chi connectivity index (χ0n) is 15.2. The summed E-state index contributed by atoms with van der Waals surface area (Å²) in [5.41, 5.74) is 3.33. The summed E-state index contributed by atoms with van der Waals surface area (Å²) < 4.78 is 7.42. The smallest absolute Gasteiger partial charge is 0.158 e. The van der Waals surface area contributed by atoms with Crippen LogP contribution in [0.2, 0.25) is 0 Å². The fourth-order valence-corrected chi connectivity index (χ4v) is 3.54. The molecule has 3 heteroatoms. The van der Waals surface area contributed by atoms with E-state index in [1.165, 1.54) is 0 Å². The summed E-state index contributed by atoms with van der Waals surface area (Å²) in [5, 5.41) is 0. The molecular formula is C22H24BrNO. The lowest BCUT2D eigenvalue weighted by molar-refractivity contribution is 0.580. The van der Waals surface area contributed by atoms with Gasteiger partial charge in [0.15, 0.2) is 5.76 Å². The third kappa shape index (κ3) is 3.82. The molecule has 0 unspecified atom stereocenters. The van der Waals surface area contributed by atoms with Crippen molar-refractivity contribution in [1.82, 2.24) is 0 Å². The van der Waals surface area contributed by atoms with Crippen molar-refractivity contribution < 1.29 is 4.42 Å². The van der Waals surface area contributed by atoms with Crippen LogP contribution in [0.15, 0.2) is 69.6 Å². The lowest BCUT2D eigenvalue weighted by atomic mass is 10.1. The van der Waals surface area contributed by atoms with Gasteiger partial charge in [-0.3, -0.25) is 0 Å². The highest BCUT2D eigenvalue weighted by Gasteiger charge is 2.23. The van der Waals surface area contributed by atoms with Gasteiger partial charge in [0.1, 0.15) is 5.76 Å². The van der Waals surface area contributed by atoms with Crippen LogP contribution in [-0.2, 0) is 0 Å². The van der Waals surface area contributed by atoms with Crippen LogP contribution in [0, 0.1) is 0 Å². The normalized spacial score (nSPS) is 11.3. The molecule has 0 aliphatic heterocycles. The number of nitrogens with zero attached hydrogens (tertiary/aromatic N) is 1. The number of anilines is 1. The predicted molar refractivity (Wildman–Crippen MR) is 110 cm³/mol. The Labute approximate surface area is 158 Å². The minimum atomic E-state index is 0.385. The van der Waals surface area contributed by atoms with Gasteiger partial charge in [-0.25, -0.2) is 0 Å². The van der Waals surface area contributed by atoms with Crippen molar-refractivity contribution in [2.75, 3.05) is 4.90 Å². The van der Waals surface area contributed by atoms with Crippen LogP contribution in [0.25, 0.3) is 22.6 Å². The van der Waals surface area contributed by atoms with Crippen LogP contribution >= 0.6 is 15.9 Å². The van der Waals surface area contributed by atoms with Gasteiger partial charge in [-0.15, -0.1) is 0 Å². The topological polar surface area (TPSA) is 16.4 Å². The predicted octanol–water partition coefficient (Wildman–Crippen LogP) is 7.00. The maximum atomic E-state index is 6.35. The summed E-state index contributed by atoms with van der Waals surface area (Å²) in [4.78, 5) is 2.41. The fourth-order valence-electron chi connectivity index (χ4n) is 3.28. The summed E-state index contributed by atoms with van der Waals surface area (Å²) >= 11 is 3.51. The molecule has 1 heterocycles. The van der Waals surface area contributed by atoms with Gasteiger partial charge in [-0.05, 0) is 39.8 Å². The van der Waals surface area contributed by atoms with E-state index in [4.69, 9.17) is 4.42 Å². The Kier molecular flexibility index (Phi) is 5.33. The zero-order valence-corrected chi connectivity index (χ0v) is 16.7. The maximum absolute atomic E-state index is 6.35. The molecule has 0 saturated carbocycles. The van der Waals surface area contributed by atoms with Crippen molar-refractivity contribution in [3.63, 3.8) is 0 Å². The number of rotatable bonds is 5. The van der Waals surface area contributed by atoms with E-state index in [1.807, 2.05) is 18.2 Å². The minimum Gasteiger partial charge on any atom is -0.454 e. The summed E-state index contributed by atoms with van der Waals surface area (Å²) in [6.07, 6.45) is 0. The maximum Gasteiger partial charge on any atom is 0.158 e. The molecule has 0 aliphatic carbocycles. The number of benzene rings is 2. The molecule has 3 rings (SSSR count). The SMILES string of the molecule is CC(C)N(c1cc(-c2ccccc2)oc1-c1ccc(Br)cc1)C(C)C. The van der Waals surface area contributed by atoms with Gasteiger partial charge in [0.05, 0.1) is 5.69 Å². The van der Waals surface area contributed by atoms with E-state index in [2.05, 4.69) is 91.0 Å². The molecule has 0 saturated heterocycles. The summed E-state index contributed by atoms with van der Waals surface area (Å²) in [5.74, 6) is 1.83. The zero-order chi connectivity index (χ0) is 18.0. The van der Waals surface area contributed by atoms with E-state index in [0.29, 0.717) is 12.1 Å². The molecule has 0 amide bonds. The molecule has 0 atom stereocenters. The van der Waals surface area contributed by atoms with E-state index in [-0.39, 0.29) is 0 Å². The van der Waals surface area contributed by atoms with Crippen LogP contribution in [0.4, 0.5) is 5.69 Å². The summed E-state index contributed by atoms with van der Waals surface area (Å²) in [6, 6.07) is 21.5. The molecule has 0 fully saturated rings. The first-order valence-corrected chi connectivity index (χ1v) is 9.50. The number of furan rings is 1. The average molecular weight is 398 g/mol. The standard InChI is InChI=1S/C22H24BrNO/c1-15(2)24(16(3)4)20-14-21(17-8-6-5-7-9-17)25-22(20)18-10-12-19(23)13-11-18/h5-16H,1-4H3. The van der Waals surface area contributed by atoms with Crippen molar-refractivity contribution in [1.29, 1.82) is 0 Å². The Bertz CT molecular complexity index is 811. The second-order valence-electron chi connectivity index (χ2n) is 6.79. The minimum absolute atomic E-state index is 0.385. The van der Waals surface area contributed by atoms with Crippen LogP contribution in [0.1, 0.15) is 27.7 Å². The van der Waals surface area contributed by atoms with E-state index in [1.54, 1.807) is 0 Å². The van der Waals surface area contributed by atoms with Gasteiger partial charge in [0.25, 0.3) is 0 Å². The lowest BCUT2D eigenvalue weighted by Crippen LogP contribution is -2.37. The van der Waals surface area contributed by atoms with Crippen LogP contribution < -0.4 is 4.90 Å². The van der Waals surface area contributed by atoms with Crippen LogP contribution in [-0.4, -0.2) is 12.1 Å². The Morgan fingerprint density at radius 2 is 1.40 bits per heavy atom. The van der Waals surface area contributed by atoms with Crippen molar-refractivity contribution in [2.24, 2.45) is 0 Å². The molecule has 2 nitrogen and oxygen atoms in total. The summed E-state index contributed by atoms with van der Waals surface area (Å²) in [7, 11) is 0. The summed E-state index contributed by atoms with van der Waals surface area (Å²) in [6.45, 7) is 8.89. The molecular weight excluding hydrogens is 374 g/mol. The molecule has 0 spiro atoms. The highest BCUT2D eigenvalue weighted by Crippen LogP contribution is 2.40. The Morgan fingerprint density at radius 3 is 1.96 bits per heavy atom. The van der Waals surface area contributed by atoms with E-state index in [9.17, 15) is 0 Å². The number of halogens is 1. The molecule has 0 N–H and O–H groups in total. The molecule has 2 aromatic carbocycles. The second kappa shape index (κ2) is 7.49. The van der Waals surface area contributed by atoms with E-state index in [0.717, 1.165) is 32.8 Å². The Hall–Kier alpha value is -2.00. The first-order chi connectivity index (χ1) is 12.0. The molecule has 0 aliphatic rings. The average Bonchev–Trinajstić information content (AvgIpc) is 3.00. The van der Waals surface area contributed by atoms with Gasteiger partial charge in [0, 0.05) is 33.7 Å². The van der Waals surface area contributed by atoms with Gasteiger partial charge >= 0.3 is 0 Å². The third-order valence-electron chi connectivity index (χ3n) is 4.27. The van der Waals surface area contributed by atoms with E-state index < -0.39 is 0 Å². The largest absolute Gasteiger partial charge is 0.454 e. The van der Waals surface area contributed by atoms with E-state index >= 15 is 0 Å². The number of hydrogen-bond donors (Lipinski definition) is 0. The lowest BCUT2D eigenvalue weighted by Gasteiger charge is -2.32. The molecule has 130 valence electrons. The highest BCUT2D eigenvalue weighted by atomic mass is 79.9. The van der Waals surface area contributed by atoms with Crippen molar-refractivity contribution in [2.45, 2.75) is 39.8 Å². The highest BCUT2D eigenvalue weighted by molar-refractivity contribution is 9.10. The third-order valence-corrected chi connectivity index (χ3v) is 4.80. The van der Waals surface area contributed by atoms with Crippen molar-refractivity contribution >= 4 is 21.6 Å². The molecule has 0 bridgehead atoms. The Morgan fingerprint density at radius 1 is 0.800 bits per heavy atom. The van der Waals surface area contributed by atoms with Crippen LogP contribution in [0.5, 0.6) is 0 Å². The monoisotopic (exact) mass is 397 g/mol. The second-order valence-corrected chi connectivity index (χ2v) is 7.71. The first kappa shape index (κ1) is 17.8. The first-order valence-electron chi connectivity index (χ1n) is 8.71. The quantitative estimate of drug-likeness (QED) is 0.460. The molecule has 25 heavy (non-hydrogen) atoms. The van der Waals surface area contributed by atoms with Crippen molar-refractivity contribution in [3.05, 3.63) is 65.1 Å². The fraction of sp³-hybridized carbons (Fsp3) is 0.273. The van der Waals surface area contributed by atoms with Gasteiger partial charge in [-0.1, -0.05) is 58.4 Å². The van der Waals surface area contributed by atoms with Crippen molar-refractivity contribution in [3.8, 4) is 22.6 Å². The Balaban J connectivity index is 2.17. The number of hydrogen-bond acceptors (Lipinski definition) is 2. The molecule has 1 aromatic heterocycles. The van der Waals surface area contributed by atoms with Gasteiger partial charge in [-0.2, -0.15) is 0 Å². The van der Waals surface area contributed by atoms with Crippen LogP contribution in [0.3, 0.4) is 0 Å². The molecule has 3 aromatic rings. The van der Waals surface area contributed by atoms with Gasteiger partial charge in [0.2, 0.25) is 0 Å².